The molecule has 0 aliphatic carbocycles. The van der Waals surface area contributed by atoms with Crippen LogP contribution in [0.3, 0.4) is 0 Å². The second kappa shape index (κ2) is 2.90. The van der Waals surface area contributed by atoms with E-state index < -0.39 is 5.91 Å². The quantitative estimate of drug-likeness (QED) is 0.804. The summed E-state index contributed by atoms with van der Waals surface area (Å²) >= 11 is 10.1. The fourth-order valence-corrected chi connectivity index (χ4v) is 2.11. The lowest BCUT2D eigenvalue weighted by molar-refractivity contribution is 0.100. The summed E-state index contributed by atoms with van der Waals surface area (Å²) in [6, 6.07) is 0. The van der Waals surface area contributed by atoms with Crippen molar-refractivity contribution in [2.45, 2.75) is 0 Å². The van der Waals surface area contributed by atoms with Crippen molar-refractivity contribution in [3.63, 3.8) is 0 Å². The van der Waals surface area contributed by atoms with Crippen molar-refractivity contribution in [1.82, 2.24) is 0 Å². The molecule has 0 aliphatic heterocycles. The molecule has 2 N–H and O–H groups in total. The smallest absolute Gasteiger partial charge is 0.260 e. The van der Waals surface area contributed by atoms with E-state index in [1.54, 1.807) is 5.38 Å². The second-order valence-corrected chi connectivity index (χ2v) is 3.70. The minimum atomic E-state index is -0.485. The molecule has 1 aromatic rings. The van der Waals surface area contributed by atoms with Gasteiger partial charge in [0.05, 0.1) is 5.02 Å². The van der Waals surface area contributed by atoms with Crippen LogP contribution in [-0.4, -0.2) is 5.91 Å². The van der Waals surface area contributed by atoms with Gasteiger partial charge in [0.1, 0.15) is 4.88 Å². The molecule has 0 saturated heterocycles. The standard InChI is InChI=1S/C5H3BrClNOS/c6-2-1-10-4(3(2)7)5(8)9/h1H,(H2,8,9). The van der Waals surface area contributed by atoms with Gasteiger partial charge in [-0.15, -0.1) is 11.3 Å². The second-order valence-electron chi connectivity index (χ2n) is 1.59. The van der Waals surface area contributed by atoms with Gasteiger partial charge in [0, 0.05) is 9.85 Å². The first-order valence-corrected chi connectivity index (χ1v) is 4.40. The van der Waals surface area contributed by atoms with E-state index in [0.29, 0.717) is 14.4 Å². The Bertz CT molecular complexity index is 273. The van der Waals surface area contributed by atoms with Gasteiger partial charge < -0.3 is 5.73 Å². The number of primary amides is 1. The SMILES string of the molecule is NC(=O)c1scc(Br)c1Cl. The van der Waals surface area contributed by atoms with Gasteiger partial charge in [-0.25, -0.2) is 0 Å². The Kier molecular flexibility index (Phi) is 2.33. The van der Waals surface area contributed by atoms with E-state index in [0.717, 1.165) is 0 Å². The van der Waals surface area contributed by atoms with Crippen LogP contribution >= 0.6 is 38.9 Å². The molecule has 0 aliphatic rings. The highest BCUT2D eigenvalue weighted by Gasteiger charge is 2.11. The molecule has 10 heavy (non-hydrogen) atoms. The first kappa shape index (κ1) is 8.04. The molecule has 1 rings (SSSR count). The summed E-state index contributed by atoms with van der Waals surface area (Å²) in [4.78, 5) is 11.0. The van der Waals surface area contributed by atoms with Gasteiger partial charge >= 0.3 is 0 Å². The van der Waals surface area contributed by atoms with Crippen LogP contribution in [0.25, 0.3) is 0 Å². The fourth-order valence-electron chi connectivity index (χ4n) is 0.489. The third-order valence-electron chi connectivity index (χ3n) is 0.913. The molecule has 2 nitrogen and oxygen atoms in total. The van der Waals surface area contributed by atoms with E-state index in [4.69, 9.17) is 17.3 Å². The molecular weight excluding hydrogens is 237 g/mol. The Morgan fingerprint density at radius 1 is 1.80 bits per heavy atom. The molecule has 0 atom stereocenters. The maximum atomic E-state index is 10.6. The van der Waals surface area contributed by atoms with Crippen LogP contribution in [0.5, 0.6) is 0 Å². The molecule has 0 fully saturated rings. The average molecular weight is 241 g/mol. The third-order valence-corrected chi connectivity index (χ3v) is 3.57. The highest BCUT2D eigenvalue weighted by Crippen LogP contribution is 2.31. The predicted molar refractivity (Wildman–Crippen MR) is 45.5 cm³/mol. The summed E-state index contributed by atoms with van der Waals surface area (Å²) in [6.45, 7) is 0. The van der Waals surface area contributed by atoms with Gasteiger partial charge in [-0.1, -0.05) is 11.6 Å². The normalized spacial score (nSPS) is 9.80. The topological polar surface area (TPSA) is 43.1 Å². The monoisotopic (exact) mass is 239 g/mol. The van der Waals surface area contributed by atoms with Crippen LogP contribution in [0, 0.1) is 0 Å². The molecule has 1 aromatic heterocycles. The summed E-state index contributed by atoms with van der Waals surface area (Å²) in [5, 5.41) is 2.13. The van der Waals surface area contributed by atoms with Crippen molar-refractivity contribution in [2.75, 3.05) is 0 Å². The highest BCUT2D eigenvalue weighted by molar-refractivity contribution is 9.10. The number of halogens is 2. The van der Waals surface area contributed by atoms with E-state index >= 15 is 0 Å². The van der Waals surface area contributed by atoms with E-state index in [2.05, 4.69) is 15.9 Å². The van der Waals surface area contributed by atoms with Crippen molar-refractivity contribution in [1.29, 1.82) is 0 Å². The molecule has 0 saturated carbocycles. The number of nitrogens with two attached hydrogens (primary N) is 1. The minimum absolute atomic E-state index is 0.397. The molecule has 0 aromatic carbocycles. The van der Waals surface area contributed by atoms with Crippen LogP contribution in [0.15, 0.2) is 9.85 Å². The van der Waals surface area contributed by atoms with Gasteiger partial charge in [0.25, 0.3) is 5.91 Å². The van der Waals surface area contributed by atoms with Crippen LogP contribution in [0.4, 0.5) is 0 Å². The Morgan fingerprint density at radius 2 is 2.40 bits per heavy atom. The molecule has 54 valence electrons. The number of amides is 1. The van der Waals surface area contributed by atoms with Gasteiger partial charge in [-0.2, -0.15) is 0 Å². The first-order valence-electron chi connectivity index (χ1n) is 2.35. The lowest BCUT2D eigenvalue weighted by Gasteiger charge is -1.87. The number of thiophene rings is 1. The largest absolute Gasteiger partial charge is 0.365 e. The number of rotatable bonds is 1. The van der Waals surface area contributed by atoms with E-state index in [1.165, 1.54) is 11.3 Å². The molecule has 0 unspecified atom stereocenters. The van der Waals surface area contributed by atoms with Crippen LogP contribution in [0.1, 0.15) is 9.67 Å². The van der Waals surface area contributed by atoms with Gasteiger partial charge in [0.2, 0.25) is 0 Å². The van der Waals surface area contributed by atoms with E-state index in [1.807, 2.05) is 0 Å². The van der Waals surface area contributed by atoms with Crippen molar-refractivity contribution in [3.8, 4) is 0 Å². The third kappa shape index (κ3) is 1.33. The summed E-state index contributed by atoms with van der Waals surface area (Å²) in [5.74, 6) is -0.485. The van der Waals surface area contributed by atoms with Crippen molar-refractivity contribution >= 4 is 44.8 Å². The molecule has 1 amide bonds. The summed E-state index contributed by atoms with van der Waals surface area (Å²) in [6.07, 6.45) is 0. The molecule has 5 heteroatoms. The molecule has 0 radical (unpaired) electrons. The van der Waals surface area contributed by atoms with Crippen LogP contribution in [-0.2, 0) is 0 Å². The maximum Gasteiger partial charge on any atom is 0.260 e. The average Bonchev–Trinajstić information content (AvgIpc) is 2.14. The van der Waals surface area contributed by atoms with Gasteiger partial charge in [-0.05, 0) is 15.9 Å². The highest BCUT2D eigenvalue weighted by atomic mass is 79.9. The van der Waals surface area contributed by atoms with Gasteiger partial charge in [-0.3, -0.25) is 4.79 Å². The van der Waals surface area contributed by atoms with Crippen molar-refractivity contribution < 1.29 is 4.79 Å². The van der Waals surface area contributed by atoms with Crippen LogP contribution in [0.2, 0.25) is 5.02 Å². The Labute approximate surface area is 75.1 Å². The van der Waals surface area contributed by atoms with Crippen LogP contribution < -0.4 is 5.73 Å². The molecule has 0 spiro atoms. The summed E-state index contributed by atoms with van der Waals surface area (Å²) in [5.41, 5.74) is 4.99. The van der Waals surface area contributed by atoms with E-state index in [-0.39, 0.29) is 0 Å². The lowest BCUT2D eigenvalue weighted by Crippen LogP contribution is -2.08. The Balaban J connectivity index is 3.17. The number of hydrogen-bond acceptors (Lipinski definition) is 2. The Morgan fingerprint density at radius 3 is 2.60 bits per heavy atom. The summed E-state index contributed by atoms with van der Waals surface area (Å²) < 4.78 is 0.716. The summed E-state index contributed by atoms with van der Waals surface area (Å²) in [7, 11) is 0. The molecule has 0 bridgehead atoms. The van der Waals surface area contributed by atoms with Crippen molar-refractivity contribution in [3.05, 3.63) is 19.8 Å². The zero-order valence-electron chi connectivity index (χ0n) is 4.73. The first-order chi connectivity index (χ1) is 4.63. The molecule has 1 heterocycles. The predicted octanol–water partition coefficient (Wildman–Crippen LogP) is 2.26. The van der Waals surface area contributed by atoms with E-state index in [9.17, 15) is 4.79 Å². The zero-order chi connectivity index (χ0) is 7.72. The minimum Gasteiger partial charge on any atom is -0.365 e. The Hall–Kier alpha value is -0.0600. The maximum absolute atomic E-state index is 10.6. The zero-order valence-corrected chi connectivity index (χ0v) is 7.89. The number of carbonyl (C=O) groups is 1. The van der Waals surface area contributed by atoms with Crippen molar-refractivity contribution in [2.24, 2.45) is 5.73 Å². The lowest BCUT2D eigenvalue weighted by atomic mass is 10.4. The number of hydrogen-bond donors (Lipinski definition) is 1. The van der Waals surface area contributed by atoms with Gasteiger partial charge in [0.15, 0.2) is 0 Å². The fraction of sp³-hybridized carbons (Fsp3) is 0. The number of carbonyl (C=O) groups excluding carboxylic acids is 1. The molecular formula is C5H3BrClNOS.